The summed E-state index contributed by atoms with van der Waals surface area (Å²) < 4.78 is 28.5. The number of nitrogens with one attached hydrogen (secondary N) is 1. The van der Waals surface area contributed by atoms with Crippen LogP contribution in [0.25, 0.3) is 0 Å². The number of sulfonamides is 1. The van der Waals surface area contributed by atoms with Crippen molar-refractivity contribution in [2.24, 2.45) is 7.05 Å². The summed E-state index contributed by atoms with van der Waals surface area (Å²) in [6, 6.07) is 6.09. The van der Waals surface area contributed by atoms with E-state index in [1.165, 1.54) is 18.2 Å². The van der Waals surface area contributed by atoms with Gasteiger partial charge in [0.2, 0.25) is 10.0 Å². The molecule has 0 aliphatic heterocycles. The van der Waals surface area contributed by atoms with Crippen LogP contribution < -0.4 is 4.72 Å². The molecule has 114 valence electrons. The fourth-order valence-corrected chi connectivity index (χ4v) is 3.23. The Morgan fingerprint density at radius 3 is 2.71 bits per heavy atom. The van der Waals surface area contributed by atoms with Crippen molar-refractivity contribution in [3.8, 4) is 0 Å². The van der Waals surface area contributed by atoms with Gasteiger partial charge in [0.1, 0.15) is 0 Å². The molecule has 1 aromatic heterocycles. The normalized spacial score (nSPS) is 11.8. The average Bonchev–Trinajstić information content (AvgIpc) is 2.84. The Hall–Kier alpha value is -1.41. The molecule has 0 fully saturated rings. The van der Waals surface area contributed by atoms with Crippen LogP contribution in [-0.4, -0.2) is 29.8 Å². The van der Waals surface area contributed by atoms with Crippen molar-refractivity contribution < 1.29 is 13.5 Å². The minimum atomic E-state index is -3.62. The highest BCUT2D eigenvalue weighted by molar-refractivity contribution is 7.89. The zero-order chi connectivity index (χ0) is 15.5. The molecule has 0 radical (unpaired) electrons. The molecule has 0 saturated carbocycles. The molecule has 2 aromatic rings. The maximum absolute atomic E-state index is 12.1. The SMILES string of the molecule is Cn1nccc1CCNS(=O)(=O)c1ccc(CO)c(Cl)c1. The number of halogens is 1. The lowest BCUT2D eigenvalue weighted by Crippen LogP contribution is -2.26. The third kappa shape index (κ3) is 3.82. The molecule has 0 aliphatic carbocycles. The number of aliphatic hydroxyl groups is 1. The van der Waals surface area contributed by atoms with Crippen molar-refractivity contribution in [3.63, 3.8) is 0 Å². The van der Waals surface area contributed by atoms with Gasteiger partial charge in [0.25, 0.3) is 0 Å². The average molecular weight is 330 g/mol. The van der Waals surface area contributed by atoms with Crippen LogP contribution in [0.1, 0.15) is 11.3 Å². The summed E-state index contributed by atoms with van der Waals surface area (Å²) in [7, 11) is -1.82. The van der Waals surface area contributed by atoms with E-state index >= 15 is 0 Å². The predicted octanol–water partition coefficient (Wildman–Crippen LogP) is 1.09. The second-order valence-electron chi connectivity index (χ2n) is 4.51. The van der Waals surface area contributed by atoms with Crippen molar-refractivity contribution in [1.29, 1.82) is 0 Å². The van der Waals surface area contributed by atoms with E-state index in [0.29, 0.717) is 12.0 Å². The molecule has 8 heteroatoms. The first-order valence-corrected chi connectivity index (χ1v) is 8.16. The van der Waals surface area contributed by atoms with Gasteiger partial charge in [-0.15, -0.1) is 0 Å². The van der Waals surface area contributed by atoms with E-state index in [0.717, 1.165) is 5.69 Å². The summed E-state index contributed by atoms with van der Waals surface area (Å²) in [5.41, 5.74) is 1.43. The van der Waals surface area contributed by atoms with Gasteiger partial charge >= 0.3 is 0 Å². The molecule has 0 spiro atoms. The van der Waals surface area contributed by atoms with Crippen LogP contribution in [0.3, 0.4) is 0 Å². The number of nitrogens with zero attached hydrogens (tertiary/aromatic N) is 2. The summed E-state index contributed by atoms with van der Waals surface area (Å²) >= 11 is 5.91. The van der Waals surface area contributed by atoms with Crippen LogP contribution in [0, 0.1) is 0 Å². The molecular formula is C13H16ClN3O3S. The van der Waals surface area contributed by atoms with E-state index in [-0.39, 0.29) is 23.1 Å². The Balaban J connectivity index is 2.05. The van der Waals surface area contributed by atoms with Crippen molar-refractivity contribution >= 4 is 21.6 Å². The molecule has 0 amide bonds. The molecule has 0 bridgehead atoms. The maximum Gasteiger partial charge on any atom is 0.240 e. The predicted molar refractivity (Wildman–Crippen MR) is 79.5 cm³/mol. The first kappa shape index (κ1) is 16.0. The number of hydrogen-bond donors (Lipinski definition) is 2. The third-order valence-electron chi connectivity index (χ3n) is 3.10. The highest BCUT2D eigenvalue weighted by Crippen LogP contribution is 2.20. The van der Waals surface area contributed by atoms with Crippen LogP contribution >= 0.6 is 11.6 Å². The number of aliphatic hydroxyl groups excluding tert-OH is 1. The number of aromatic nitrogens is 2. The van der Waals surface area contributed by atoms with E-state index < -0.39 is 10.0 Å². The summed E-state index contributed by atoms with van der Waals surface area (Å²) in [5.74, 6) is 0. The van der Waals surface area contributed by atoms with Crippen molar-refractivity contribution in [2.75, 3.05) is 6.54 Å². The van der Waals surface area contributed by atoms with Gasteiger partial charge in [-0.2, -0.15) is 5.10 Å². The van der Waals surface area contributed by atoms with Gasteiger partial charge in [0.05, 0.1) is 11.5 Å². The number of benzene rings is 1. The van der Waals surface area contributed by atoms with Crippen LogP contribution in [0.4, 0.5) is 0 Å². The number of aryl methyl sites for hydroxylation is 1. The second kappa shape index (κ2) is 6.57. The quantitative estimate of drug-likeness (QED) is 0.830. The van der Waals surface area contributed by atoms with Gasteiger partial charge in [-0.1, -0.05) is 17.7 Å². The van der Waals surface area contributed by atoms with Gasteiger partial charge in [-0.05, 0) is 23.8 Å². The van der Waals surface area contributed by atoms with Crippen molar-refractivity contribution in [2.45, 2.75) is 17.9 Å². The first-order valence-electron chi connectivity index (χ1n) is 6.30. The standard InChI is InChI=1S/C13H16ClN3O3S/c1-17-11(4-6-15-17)5-7-16-21(19,20)12-3-2-10(9-18)13(14)8-12/h2-4,6,8,16,18H,5,7,9H2,1H3. The topological polar surface area (TPSA) is 84.2 Å². The lowest BCUT2D eigenvalue weighted by atomic mass is 10.2. The van der Waals surface area contributed by atoms with Gasteiger partial charge in [0, 0.05) is 36.9 Å². The monoisotopic (exact) mass is 329 g/mol. The smallest absolute Gasteiger partial charge is 0.240 e. The molecule has 0 unspecified atom stereocenters. The maximum atomic E-state index is 12.1. The van der Waals surface area contributed by atoms with Gasteiger partial charge in [-0.3, -0.25) is 4.68 Å². The van der Waals surface area contributed by atoms with Gasteiger partial charge < -0.3 is 5.11 Å². The Labute approximate surface area is 128 Å². The van der Waals surface area contributed by atoms with Crippen molar-refractivity contribution in [1.82, 2.24) is 14.5 Å². The van der Waals surface area contributed by atoms with E-state index in [1.807, 2.05) is 6.07 Å². The third-order valence-corrected chi connectivity index (χ3v) is 4.91. The fourth-order valence-electron chi connectivity index (χ4n) is 1.87. The summed E-state index contributed by atoms with van der Waals surface area (Å²) in [4.78, 5) is 0.0784. The summed E-state index contributed by atoms with van der Waals surface area (Å²) in [5, 5.41) is 13.3. The zero-order valence-corrected chi connectivity index (χ0v) is 13.0. The minimum absolute atomic E-state index is 0.0784. The molecule has 6 nitrogen and oxygen atoms in total. The zero-order valence-electron chi connectivity index (χ0n) is 11.5. The Morgan fingerprint density at radius 1 is 1.38 bits per heavy atom. The lowest BCUT2D eigenvalue weighted by molar-refractivity contribution is 0.282. The Morgan fingerprint density at radius 2 is 2.14 bits per heavy atom. The van der Waals surface area contributed by atoms with E-state index in [4.69, 9.17) is 16.7 Å². The van der Waals surface area contributed by atoms with Crippen LogP contribution in [0.5, 0.6) is 0 Å². The fraction of sp³-hybridized carbons (Fsp3) is 0.308. The van der Waals surface area contributed by atoms with Crippen LogP contribution in [0.15, 0.2) is 35.4 Å². The molecule has 2 rings (SSSR count). The Kier molecular flexibility index (Phi) is 5.00. The largest absolute Gasteiger partial charge is 0.392 e. The molecule has 1 heterocycles. The second-order valence-corrected chi connectivity index (χ2v) is 6.68. The van der Waals surface area contributed by atoms with Gasteiger partial charge in [-0.25, -0.2) is 13.1 Å². The minimum Gasteiger partial charge on any atom is -0.392 e. The molecule has 1 aromatic carbocycles. The Bertz CT molecular complexity index is 728. The number of hydrogen-bond acceptors (Lipinski definition) is 4. The summed E-state index contributed by atoms with van der Waals surface area (Å²) in [6.45, 7) is 0.0360. The number of rotatable bonds is 6. The highest BCUT2D eigenvalue weighted by atomic mass is 35.5. The molecule has 0 aliphatic rings. The van der Waals surface area contributed by atoms with Crippen LogP contribution in [-0.2, 0) is 30.1 Å². The van der Waals surface area contributed by atoms with Gasteiger partial charge in [0.15, 0.2) is 0 Å². The highest BCUT2D eigenvalue weighted by Gasteiger charge is 2.15. The van der Waals surface area contributed by atoms with E-state index in [9.17, 15) is 8.42 Å². The van der Waals surface area contributed by atoms with E-state index in [2.05, 4.69) is 9.82 Å². The van der Waals surface area contributed by atoms with Crippen LogP contribution in [0.2, 0.25) is 5.02 Å². The first-order chi connectivity index (χ1) is 9.94. The molecule has 0 saturated heterocycles. The summed E-state index contributed by atoms with van der Waals surface area (Å²) in [6.07, 6.45) is 2.20. The lowest BCUT2D eigenvalue weighted by Gasteiger charge is -2.08. The molecular weight excluding hydrogens is 314 g/mol. The molecule has 0 atom stereocenters. The molecule has 21 heavy (non-hydrogen) atoms. The van der Waals surface area contributed by atoms with E-state index in [1.54, 1.807) is 17.9 Å². The van der Waals surface area contributed by atoms with Crippen molar-refractivity contribution in [3.05, 3.63) is 46.7 Å². The molecule has 2 N–H and O–H groups in total.